The van der Waals surface area contributed by atoms with Crippen LogP contribution >= 0.6 is 0 Å². The van der Waals surface area contributed by atoms with Crippen LogP contribution < -0.4 is 15.6 Å². The molecule has 0 radical (unpaired) electrons. The van der Waals surface area contributed by atoms with Gasteiger partial charge in [-0.05, 0) is 37.6 Å². The maximum atomic E-state index is 12.1. The van der Waals surface area contributed by atoms with Crippen molar-refractivity contribution in [3.05, 3.63) is 65.7 Å². The first kappa shape index (κ1) is 16.5. The molecule has 0 fully saturated rings. The van der Waals surface area contributed by atoms with E-state index in [2.05, 4.69) is 10.9 Å². The van der Waals surface area contributed by atoms with E-state index in [1.165, 1.54) is 0 Å². The first-order valence-electron chi connectivity index (χ1n) is 7.48. The lowest BCUT2D eigenvalue weighted by Gasteiger charge is -2.17. The highest BCUT2D eigenvalue weighted by atomic mass is 16.5. The minimum Gasteiger partial charge on any atom is -0.481 e. The van der Waals surface area contributed by atoms with E-state index < -0.39 is 12.0 Å². The fraction of sp³-hybridized carbons (Fsp3) is 0.222. The van der Waals surface area contributed by atoms with Gasteiger partial charge in [0.25, 0.3) is 11.8 Å². The molecule has 0 saturated heterocycles. The summed E-state index contributed by atoms with van der Waals surface area (Å²) in [4.78, 5) is 24.1. The summed E-state index contributed by atoms with van der Waals surface area (Å²) in [7, 11) is 0. The van der Waals surface area contributed by atoms with Crippen molar-refractivity contribution in [3.63, 3.8) is 0 Å². The van der Waals surface area contributed by atoms with Gasteiger partial charge in [0, 0.05) is 5.56 Å². The third kappa shape index (κ3) is 4.85. The zero-order valence-corrected chi connectivity index (χ0v) is 13.2. The van der Waals surface area contributed by atoms with Crippen LogP contribution in [0.1, 0.15) is 29.3 Å². The van der Waals surface area contributed by atoms with Gasteiger partial charge in [-0.25, -0.2) is 0 Å². The quantitative estimate of drug-likeness (QED) is 0.834. The van der Waals surface area contributed by atoms with Crippen molar-refractivity contribution in [1.29, 1.82) is 0 Å². The molecule has 23 heavy (non-hydrogen) atoms. The summed E-state index contributed by atoms with van der Waals surface area (Å²) in [6.45, 7) is 3.78. The fourth-order valence-corrected chi connectivity index (χ4v) is 1.96. The summed E-state index contributed by atoms with van der Waals surface area (Å²) < 4.78 is 5.62. The summed E-state index contributed by atoms with van der Waals surface area (Å²) in [5.41, 5.74) is 6.35. The first-order valence-corrected chi connectivity index (χ1v) is 7.48. The van der Waals surface area contributed by atoms with Crippen molar-refractivity contribution in [2.45, 2.75) is 26.4 Å². The van der Waals surface area contributed by atoms with Crippen molar-refractivity contribution in [3.8, 4) is 5.75 Å². The van der Waals surface area contributed by atoms with Gasteiger partial charge in [-0.2, -0.15) is 0 Å². The first-order chi connectivity index (χ1) is 11.1. The molecule has 0 saturated carbocycles. The van der Waals surface area contributed by atoms with Gasteiger partial charge in [-0.15, -0.1) is 0 Å². The number of hydrogen-bond acceptors (Lipinski definition) is 3. The number of hydrazine groups is 1. The molecule has 5 nitrogen and oxygen atoms in total. The average molecular weight is 312 g/mol. The number of hydrogen-bond donors (Lipinski definition) is 2. The highest BCUT2D eigenvalue weighted by Gasteiger charge is 2.19. The number of carbonyl (C=O) groups excluding carboxylic acids is 2. The van der Waals surface area contributed by atoms with Gasteiger partial charge in [-0.3, -0.25) is 20.4 Å². The topological polar surface area (TPSA) is 67.4 Å². The molecule has 0 unspecified atom stereocenters. The maximum absolute atomic E-state index is 12.1. The predicted octanol–water partition coefficient (Wildman–Crippen LogP) is 2.61. The number of rotatable bonds is 5. The van der Waals surface area contributed by atoms with E-state index in [1.807, 2.05) is 44.2 Å². The average Bonchev–Trinajstić information content (AvgIpc) is 2.58. The van der Waals surface area contributed by atoms with E-state index in [-0.39, 0.29) is 5.91 Å². The number of ether oxygens (including phenoxy) is 1. The van der Waals surface area contributed by atoms with Crippen molar-refractivity contribution in [1.82, 2.24) is 10.9 Å². The molecule has 2 rings (SSSR count). The molecule has 0 aliphatic rings. The second-order valence-corrected chi connectivity index (χ2v) is 5.14. The molecule has 2 N–H and O–H groups in total. The van der Waals surface area contributed by atoms with Gasteiger partial charge in [0.05, 0.1) is 0 Å². The molecule has 0 heterocycles. The van der Waals surface area contributed by atoms with Crippen LogP contribution in [0.25, 0.3) is 0 Å². The van der Waals surface area contributed by atoms with Crippen LogP contribution in [-0.4, -0.2) is 17.9 Å². The van der Waals surface area contributed by atoms with E-state index in [4.69, 9.17) is 4.74 Å². The smallest absolute Gasteiger partial charge is 0.279 e. The van der Waals surface area contributed by atoms with Crippen LogP contribution in [0.5, 0.6) is 5.75 Å². The third-order valence-electron chi connectivity index (χ3n) is 3.30. The van der Waals surface area contributed by atoms with E-state index in [0.717, 1.165) is 5.56 Å². The Bertz CT molecular complexity index is 654. The number of benzene rings is 2. The third-order valence-corrected chi connectivity index (χ3v) is 3.30. The molecule has 2 amide bonds. The van der Waals surface area contributed by atoms with E-state index >= 15 is 0 Å². The van der Waals surface area contributed by atoms with Crippen LogP contribution in [0.15, 0.2) is 54.6 Å². The molecule has 120 valence electrons. The second-order valence-electron chi connectivity index (χ2n) is 5.14. The van der Waals surface area contributed by atoms with Crippen molar-refractivity contribution >= 4 is 11.8 Å². The summed E-state index contributed by atoms with van der Waals surface area (Å²) >= 11 is 0. The molecule has 2 aromatic rings. The second kappa shape index (κ2) is 7.98. The highest BCUT2D eigenvalue weighted by molar-refractivity contribution is 5.95. The number of aryl methyl sites for hydroxylation is 1. The Morgan fingerprint density at radius 2 is 1.65 bits per heavy atom. The zero-order chi connectivity index (χ0) is 16.7. The molecule has 2 aromatic carbocycles. The van der Waals surface area contributed by atoms with Gasteiger partial charge < -0.3 is 4.74 Å². The molecule has 0 aromatic heterocycles. The standard InChI is InChI=1S/C18H20N2O3/c1-3-16(23-15-7-5-4-6-8-15)18(22)20-19-17(21)14-11-9-13(2)10-12-14/h4-12,16H,3H2,1-2H3,(H,19,21)(H,20,22)/t16-/m0/s1. The van der Waals surface area contributed by atoms with E-state index in [1.54, 1.807) is 24.3 Å². The van der Waals surface area contributed by atoms with Gasteiger partial charge in [0.15, 0.2) is 6.10 Å². The lowest BCUT2D eigenvalue weighted by Crippen LogP contribution is -2.47. The van der Waals surface area contributed by atoms with Crippen LogP contribution in [0, 0.1) is 6.92 Å². The lowest BCUT2D eigenvalue weighted by atomic mass is 10.1. The van der Waals surface area contributed by atoms with Crippen LogP contribution in [0.3, 0.4) is 0 Å². The van der Waals surface area contributed by atoms with Crippen LogP contribution in [-0.2, 0) is 4.79 Å². The molecule has 0 bridgehead atoms. The Balaban J connectivity index is 1.89. The van der Waals surface area contributed by atoms with Crippen molar-refractivity contribution in [2.24, 2.45) is 0 Å². The number of carbonyl (C=O) groups is 2. The monoisotopic (exact) mass is 312 g/mol. The SMILES string of the molecule is CC[C@H](Oc1ccccc1)C(=O)NNC(=O)c1ccc(C)cc1. The normalized spacial score (nSPS) is 11.4. The Morgan fingerprint density at radius 3 is 2.26 bits per heavy atom. The fourth-order valence-electron chi connectivity index (χ4n) is 1.96. The zero-order valence-electron chi connectivity index (χ0n) is 13.2. The molecule has 0 aliphatic carbocycles. The number of amides is 2. The molecule has 1 atom stereocenters. The van der Waals surface area contributed by atoms with E-state index in [0.29, 0.717) is 17.7 Å². The largest absolute Gasteiger partial charge is 0.481 e. The van der Waals surface area contributed by atoms with Crippen LogP contribution in [0.4, 0.5) is 0 Å². The molecule has 0 aliphatic heterocycles. The van der Waals surface area contributed by atoms with Gasteiger partial charge >= 0.3 is 0 Å². The molecule has 5 heteroatoms. The lowest BCUT2D eigenvalue weighted by molar-refractivity contribution is -0.128. The summed E-state index contributed by atoms with van der Waals surface area (Å²) in [6, 6.07) is 16.2. The number of para-hydroxylation sites is 1. The maximum Gasteiger partial charge on any atom is 0.279 e. The Hall–Kier alpha value is -2.82. The minimum absolute atomic E-state index is 0.368. The van der Waals surface area contributed by atoms with E-state index in [9.17, 15) is 9.59 Å². The van der Waals surface area contributed by atoms with Crippen molar-refractivity contribution < 1.29 is 14.3 Å². The molecular formula is C18H20N2O3. The Kier molecular flexibility index (Phi) is 5.74. The summed E-state index contributed by atoms with van der Waals surface area (Å²) in [5, 5.41) is 0. The van der Waals surface area contributed by atoms with Gasteiger partial charge in [-0.1, -0.05) is 42.8 Å². The van der Waals surface area contributed by atoms with Gasteiger partial charge in [0.1, 0.15) is 5.75 Å². The number of nitrogens with one attached hydrogen (secondary N) is 2. The van der Waals surface area contributed by atoms with Gasteiger partial charge in [0.2, 0.25) is 0 Å². The summed E-state index contributed by atoms with van der Waals surface area (Å²) in [6.07, 6.45) is -0.183. The van der Waals surface area contributed by atoms with Crippen LogP contribution in [0.2, 0.25) is 0 Å². The van der Waals surface area contributed by atoms with Crippen molar-refractivity contribution in [2.75, 3.05) is 0 Å². The molecular weight excluding hydrogens is 292 g/mol. The highest BCUT2D eigenvalue weighted by Crippen LogP contribution is 2.12. The molecule has 0 spiro atoms. The Labute approximate surface area is 135 Å². The minimum atomic E-state index is -0.671. The Morgan fingerprint density at radius 1 is 1.00 bits per heavy atom. The predicted molar refractivity (Wildman–Crippen MR) is 87.9 cm³/mol. The summed E-state index contributed by atoms with van der Waals surface area (Å²) in [5.74, 6) is -0.149.